The van der Waals surface area contributed by atoms with Crippen molar-refractivity contribution in [1.82, 2.24) is 0 Å². The molecule has 0 spiro atoms. The minimum Gasteiger partial charge on any atom is -0.374 e. The fourth-order valence-corrected chi connectivity index (χ4v) is 2.40. The molecule has 1 saturated carbocycles. The van der Waals surface area contributed by atoms with Crippen LogP contribution in [0.5, 0.6) is 0 Å². The summed E-state index contributed by atoms with van der Waals surface area (Å²) in [7, 11) is 0. The summed E-state index contributed by atoms with van der Waals surface area (Å²) >= 11 is 0. The van der Waals surface area contributed by atoms with E-state index < -0.39 is 0 Å². The Bertz CT molecular complexity index is 192. The van der Waals surface area contributed by atoms with Crippen LogP contribution in [0, 0.1) is 5.92 Å². The molecule has 0 aromatic rings. The first-order chi connectivity index (χ1) is 8.33. The summed E-state index contributed by atoms with van der Waals surface area (Å²) in [4.78, 5) is 0. The largest absolute Gasteiger partial charge is 0.374 e. The quantitative estimate of drug-likeness (QED) is 0.422. The van der Waals surface area contributed by atoms with Gasteiger partial charge in [0.15, 0.2) is 0 Å². The lowest BCUT2D eigenvalue weighted by molar-refractivity contribution is 0.0465. The molecule has 1 rings (SSSR count). The van der Waals surface area contributed by atoms with Crippen LogP contribution < -0.4 is 0 Å². The van der Waals surface area contributed by atoms with Gasteiger partial charge in [-0.1, -0.05) is 58.1 Å². The second-order valence-electron chi connectivity index (χ2n) is 5.51. The monoisotopic (exact) mass is 238 g/mol. The Morgan fingerprint density at radius 2 is 1.94 bits per heavy atom. The van der Waals surface area contributed by atoms with Crippen molar-refractivity contribution in [3.05, 3.63) is 12.2 Å². The van der Waals surface area contributed by atoms with Crippen LogP contribution in [0.1, 0.15) is 71.6 Å². The number of hydrogen-bond donors (Lipinski definition) is 0. The van der Waals surface area contributed by atoms with E-state index in [1.807, 2.05) is 0 Å². The second-order valence-corrected chi connectivity index (χ2v) is 5.51. The lowest BCUT2D eigenvalue weighted by Gasteiger charge is -2.21. The summed E-state index contributed by atoms with van der Waals surface area (Å²) in [6, 6.07) is 0. The summed E-state index contributed by atoms with van der Waals surface area (Å²) in [5, 5.41) is 0. The van der Waals surface area contributed by atoms with Crippen molar-refractivity contribution in [3.8, 4) is 0 Å². The van der Waals surface area contributed by atoms with Crippen molar-refractivity contribution in [2.24, 2.45) is 5.92 Å². The van der Waals surface area contributed by atoms with Crippen LogP contribution in [0.4, 0.5) is 0 Å². The van der Waals surface area contributed by atoms with Crippen LogP contribution in [0.3, 0.4) is 0 Å². The molecular weight excluding hydrogens is 208 g/mol. The maximum absolute atomic E-state index is 5.84. The van der Waals surface area contributed by atoms with Crippen LogP contribution in [0.2, 0.25) is 0 Å². The molecule has 1 atom stereocenters. The normalized spacial score (nSPS) is 19.9. The molecule has 0 N–H and O–H groups in total. The van der Waals surface area contributed by atoms with Crippen molar-refractivity contribution in [2.45, 2.75) is 77.7 Å². The van der Waals surface area contributed by atoms with Crippen molar-refractivity contribution in [1.29, 1.82) is 0 Å². The lowest BCUT2D eigenvalue weighted by atomic mass is 9.98. The molecule has 1 unspecified atom stereocenters. The molecule has 100 valence electrons. The molecule has 0 amide bonds. The van der Waals surface area contributed by atoms with Gasteiger partial charge in [-0.2, -0.15) is 0 Å². The molecule has 0 radical (unpaired) electrons. The summed E-state index contributed by atoms with van der Waals surface area (Å²) in [5.41, 5.74) is 0. The van der Waals surface area contributed by atoms with E-state index in [0.29, 0.717) is 6.10 Å². The Labute approximate surface area is 108 Å². The van der Waals surface area contributed by atoms with E-state index >= 15 is 0 Å². The van der Waals surface area contributed by atoms with E-state index in [9.17, 15) is 0 Å². The third-order valence-electron chi connectivity index (χ3n) is 3.91. The highest BCUT2D eigenvalue weighted by atomic mass is 16.5. The molecular formula is C16H30O. The average molecular weight is 238 g/mol. The van der Waals surface area contributed by atoms with Crippen molar-refractivity contribution in [3.63, 3.8) is 0 Å². The van der Waals surface area contributed by atoms with E-state index in [4.69, 9.17) is 4.74 Å². The van der Waals surface area contributed by atoms with Gasteiger partial charge in [-0.25, -0.2) is 0 Å². The molecule has 1 fully saturated rings. The zero-order valence-electron chi connectivity index (χ0n) is 11.8. The maximum atomic E-state index is 5.84. The molecule has 0 saturated heterocycles. The molecule has 1 heteroatoms. The zero-order chi connectivity index (χ0) is 12.3. The van der Waals surface area contributed by atoms with Crippen LogP contribution >= 0.6 is 0 Å². The number of rotatable bonds is 8. The predicted molar refractivity (Wildman–Crippen MR) is 75.3 cm³/mol. The topological polar surface area (TPSA) is 9.23 Å². The van der Waals surface area contributed by atoms with E-state index in [1.165, 1.54) is 57.8 Å². The zero-order valence-corrected chi connectivity index (χ0v) is 11.8. The Morgan fingerprint density at radius 1 is 1.18 bits per heavy atom. The first-order valence-electron chi connectivity index (χ1n) is 7.59. The van der Waals surface area contributed by atoms with Gasteiger partial charge in [-0.15, -0.1) is 0 Å². The minimum atomic E-state index is 0.550. The van der Waals surface area contributed by atoms with Crippen molar-refractivity contribution >= 4 is 0 Å². The molecule has 0 heterocycles. The standard InChI is InChI=1S/C16H30O/c1-3-15(2)11-7-4-5-10-14-17-16-12-8-6-9-13-16/h5,10,15-16H,3-4,6-9,11-14H2,1-2H3/b10-5+. The summed E-state index contributed by atoms with van der Waals surface area (Å²) < 4.78 is 5.84. The summed E-state index contributed by atoms with van der Waals surface area (Å²) in [6.07, 6.45) is 17.0. The van der Waals surface area contributed by atoms with E-state index in [-0.39, 0.29) is 0 Å². The molecule has 0 aromatic carbocycles. The van der Waals surface area contributed by atoms with Crippen molar-refractivity contribution < 1.29 is 4.74 Å². The number of hydrogen-bond acceptors (Lipinski definition) is 1. The molecule has 1 aliphatic rings. The molecule has 0 aromatic heterocycles. The van der Waals surface area contributed by atoms with Gasteiger partial charge in [0.1, 0.15) is 0 Å². The van der Waals surface area contributed by atoms with Crippen molar-refractivity contribution in [2.75, 3.05) is 6.61 Å². The van der Waals surface area contributed by atoms with Gasteiger partial charge in [-0.3, -0.25) is 0 Å². The Hall–Kier alpha value is -0.300. The summed E-state index contributed by atoms with van der Waals surface area (Å²) in [5.74, 6) is 0.891. The fourth-order valence-electron chi connectivity index (χ4n) is 2.40. The first-order valence-corrected chi connectivity index (χ1v) is 7.59. The van der Waals surface area contributed by atoms with E-state index in [2.05, 4.69) is 26.0 Å². The van der Waals surface area contributed by atoms with Gasteiger partial charge in [0, 0.05) is 0 Å². The maximum Gasteiger partial charge on any atom is 0.0651 e. The Morgan fingerprint density at radius 3 is 2.65 bits per heavy atom. The predicted octanol–water partition coefficient (Wildman–Crippen LogP) is 5.11. The van der Waals surface area contributed by atoms with Crippen LogP contribution in [-0.2, 0) is 4.74 Å². The van der Waals surface area contributed by atoms with Crippen LogP contribution in [-0.4, -0.2) is 12.7 Å². The van der Waals surface area contributed by atoms with Crippen LogP contribution in [0.25, 0.3) is 0 Å². The lowest BCUT2D eigenvalue weighted by Crippen LogP contribution is -2.16. The van der Waals surface area contributed by atoms with Gasteiger partial charge >= 0.3 is 0 Å². The van der Waals surface area contributed by atoms with E-state index in [0.717, 1.165) is 12.5 Å². The van der Waals surface area contributed by atoms with E-state index in [1.54, 1.807) is 0 Å². The Balaban J connectivity index is 1.91. The fraction of sp³-hybridized carbons (Fsp3) is 0.875. The highest BCUT2D eigenvalue weighted by Gasteiger charge is 2.12. The molecule has 0 bridgehead atoms. The average Bonchev–Trinajstić information content (AvgIpc) is 2.38. The van der Waals surface area contributed by atoms with Gasteiger partial charge in [0.05, 0.1) is 12.7 Å². The first kappa shape index (κ1) is 14.8. The highest BCUT2D eigenvalue weighted by molar-refractivity contribution is 4.82. The second kappa shape index (κ2) is 9.70. The number of ether oxygens (including phenoxy) is 1. The van der Waals surface area contributed by atoms with Gasteiger partial charge in [0.25, 0.3) is 0 Å². The minimum absolute atomic E-state index is 0.550. The smallest absolute Gasteiger partial charge is 0.0651 e. The van der Waals surface area contributed by atoms with Crippen LogP contribution in [0.15, 0.2) is 12.2 Å². The Kier molecular flexibility index (Phi) is 8.42. The molecule has 1 nitrogen and oxygen atoms in total. The highest BCUT2D eigenvalue weighted by Crippen LogP contribution is 2.20. The molecule has 1 aliphatic carbocycles. The molecule has 17 heavy (non-hydrogen) atoms. The number of allylic oxidation sites excluding steroid dienone is 1. The number of unbranched alkanes of at least 4 members (excludes halogenated alkanes) is 1. The van der Waals surface area contributed by atoms with Gasteiger partial charge in [0.2, 0.25) is 0 Å². The third-order valence-corrected chi connectivity index (χ3v) is 3.91. The summed E-state index contributed by atoms with van der Waals surface area (Å²) in [6.45, 7) is 5.45. The SMILES string of the molecule is CCC(C)CCC/C=C/COC1CCCCC1. The third kappa shape index (κ3) is 7.59. The molecule has 0 aliphatic heterocycles. The van der Waals surface area contributed by atoms with Gasteiger partial charge in [-0.05, 0) is 31.6 Å². The van der Waals surface area contributed by atoms with Gasteiger partial charge < -0.3 is 4.74 Å².